The van der Waals surface area contributed by atoms with Crippen LogP contribution >= 0.6 is 0 Å². The number of amides is 1. The van der Waals surface area contributed by atoms with Gasteiger partial charge in [0, 0.05) is 6.54 Å². The minimum atomic E-state index is -0.438. The summed E-state index contributed by atoms with van der Waals surface area (Å²) in [5, 5.41) is 1.37. The first-order valence-electron chi connectivity index (χ1n) is 3.95. The van der Waals surface area contributed by atoms with Gasteiger partial charge in [0.25, 0.3) is 5.91 Å². The van der Waals surface area contributed by atoms with Gasteiger partial charge in [-0.1, -0.05) is 13.3 Å². The topological polar surface area (TPSA) is 55.6 Å². The van der Waals surface area contributed by atoms with Gasteiger partial charge in [0.05, 0.1) is 6.61 Å². The van der Waals surface area contributed by atoms with Gasteiger partial charge in [-0.05, 0) is 6.42 Å². The smallest absolute Gasteiger partial charge is 0.265 e. The van der Waals surface area contributed by atoms with Gasteiger partial charge >= 0.3 is 0 Å². The molecule has 1 amide bonds. The minimum Gasteiger partial charge on any atom is -0.318 e. The Kier molecular flexibility index (Phi) is 2.84. The van der Waals surface area contributed by atoms with Gasteiger partial charge in [0.2, 0.25) is 0 Å². The maximum absolute atomic E-state index is 11.1. The molecule has 0 saturated carbocycles. The van der Waals surface area contributed by atoms with E-state index >= 15 is 0 Å². The molecule has 4 heteroatoms. The summed E-state index contributed by atoms with van der Waals surface area (Å²) < 4.78 is 0. The number of rotatable bonds is 3. The number of unbranched alkanes of at least 4 members (excludes halogenated alkanes) is 1. The molecule has 1 saturated heterocycles. The highest BCUT2D eigenvalue weighted by Gasteiger charge is 2.29. The van der Waals surface area contributed by atoms with Crippen molar-refractivity contribution in [2.75, 3.05) is 13.2 Å². The van der Waals surface area contributed by atoms with Crippen molar-refractivity contribution in [3.63, 3.8) is 0 Å². The highest BCUT2D eigenvalue weighted by Crippen LogP contribution is 2.06. The van der Waals surface area contributed by atoms with Crippen LogP contribution in [-0.2, 0) is 9.63 Å². The van der Waals surface area contributed by atoms with Gasteiger partial charge in [0.15, 0.2) is 0 Å². The summed E-state index contributed by atoms with van der Waals surface area (Å²) in [6.45, 7) is 3.08. The van der Waals surface area contributed by atoms with Crippen LogP contribution in [0.3, 0.4) is 0 Å². The first-order valence-corrected chi connectivity index (χ1v) is 3.95. The third-order valence-corrected chi connectivity index (χ3v) is 1.69. The largest absolute Gasteiger partial charge is 0.318 e. The van der Waals surface area contributed by atoms with Crippen LogP contribution in [0, 0.1) is 0 Å². The van der Waals surface area contributed by atoms with E-state index in [0.29, 0.717) is 13.2 Å². The number of carbonyl (C=O) groups excluding carboxylic acids is 1. The lowest BCUT2D eigenvalue weighted by atomic mass is 10.3. The maximum atomic E-state index is 11.1. The Hall–Kier alpha value is -0.610. The van der Waals surface area contributed by atoms with E-state index in [1.54, 1.807) is 0 Å². The van der Waals surface area contributed by atoms with Crippen LogP contribution in [0.5, 0.6) is 0 Å². The zero-order valence-electron chi connectivity index (χ0n) is 6.75. The van der Waals surface area contributed by atoms with Gasteiger partial charge in [-0.2, -0.15) is 0 Å². The molecule has 0 radical (unpaired) electrons. The predicted octanol–water partition coefficient (Wildman–Crippen LogP) is -0.112. The Morgan fingerprint density at radius 2 is 2.55 bits per heavy atom. The van der Waals surface area contributed by atoms with Crippen molar-refractivity contribution in [3.8, 4) is 0 Å². The van der Waals surface area contributed by atoms with Gasteiger partial charge in [-0.3, -0.25) is 9.63 Å². The highest BCUT2D eigenvalue weighted by atomic mass is 16.7. The van der Waals surface area contributed by atoms with E-state index in [9.17, 15) is 4.79 Å². The average molecular weight is 158 g/mol. The molecule has 0 aromatic heterocycles. The van der Waals surface area contributed by atoms with E-state index in [1.807, 2.05) is 0 Å². The van der Waals surface area contributed by atoms with Gasteiger partial charge in [-0.15, -0.1) is 0 Å². The monoisotopic (exact) mass is 158 g/mol. The summed E-state index contributed by atoms with van der Waals surface area (Å²) in [6.07, 6.45) is 2.03. The molecule has 2 N–H and O–H groups in total. The van der Waals surface area contributed by atoms with Gasteiger partial charge in [0.1, 0.15) is 6.04 Å². The molecular formula is C7H14N2O2. The lowest BCUT2D eigenvalue weighted by Crippen LogP contribution is -2.34. The van der Waals surface area contributed by atoms with Crippen LogP contribution in [-0.4, -0.2) is 30.2 Å². The second kappa shape index (κ2) is 3.69. The Morgan fingerprint density at radius 1 is 1.82 bits per heavy atom. The molecule has 0 aliphatic carbocycles. The number of nitrogens with two attached hydrogens (primary N) is 1. The molecule has 0 spiro atoms. The Labute approximate surface area is 66.3 Å². The van der Waals surface area contributed by atoms with Crippen LogP contribution in [0.1, 0.15) is 19.8 Å². The molecule has 0 bridgehead atoms. The summed E-state index contributed by atoms with van der Waals surface area (Å²) in [4.78, 5) is 16.1. The van der Waals surface area contributed by atoms with Crippen LogP contribution in [0.4, 0.5) is 0 Å². The highest BCUT2D eigenvalue weighted by molar-refractivity contribution is 5.82. The summed E-state index contributed by atoms with van der Waals surface area (Å²) in [5.41, 5.74) is 5.42. The van der Waals surface area contributed by atoms with Crippen molar-refractivity contribution in [3.05, 3.63) is 0 Å². The van der Waals surface area contributed by atoms with E-state index in [0.717, 1.165) is 12.8 Å². The number of hydrogen-bond acceptors (Lipinski definition) is 3. The molecule has 64 valence electrons. The lowest BCUT2D eigenvalue weighted by molar-refractivity contribution is -0.161. The number of nitrogens with zero attached hydrogens (tertiary/aromatic N) is 1. The molecular weight excluding hydrogens is 144 g/mol. The molecule has 1 aliphatic heterocycles. The standard InChI is InChI=1S/C7H14N2O2/c1-2-3-4-9-7(10)6(8)5-11-9/h6H,2-5,8H2,1H3. The first kappa shape index (κ1) is 8.49. The fourth-order valence-electron chi connectivity index (χ4n) is 0.967. The third kappa shape index (κ3) is 1.91. The number of carbonyl (C=O) groups is 1. The maximum Gasteiger partial charge on any atom is 0.265 e. The molecule has 1 fully saturated rings. The van der Waals surface area contributed by atoms with Crippen LogP contribution in [0.25, 0.3) is 0 Å². The number of hydroxylamine groups is 2. The molecule has 1 aliphatic rings. The van der Waals surface area contributed by atoms with Crippen LogP contribution in [0.15, 0.2) is 0 Å². The molecule has 0 aromatic rings. The summed E-state index contributed by atoms with van der Waals surface area (Å²) in [6, 6.07) is -0.438. The summed E-state index contributed by atoms with van der Waals surface area (Å²) in [5.74, 6) is -0.0848. The third-order valence-electron chi connectivity index (χ3n) is 1.69. The van der Waals surface area contributed by atoms with Crippen molar-refractivity contribution in [2.45, 2.75) is 25.8 Å². The second-order valence-corrected chi connectivity index (χ2v) is 2.70. The molecule has 0 aromatic carbocycles. The summed E-state index contributed by atoms with van der Waals surface area (Å²) >= 11 is 0. The van der Waals surface area contributed by atoms with Crippen LogP contribution in [0.2, 0.25) is 0 Å². The van der Waals surface area contributed by atoms with Crippen molar-refractivity contribution in [1.29, 1.82) is 0 Å². The van der Waals surface area contributed by atoms with E-state index in [2.05, 4.69) is 6.92 Å². The molecule has 1 atom stereocenters. The minimum absolute atomic E-state index is 0.0848. The molecule has 1 heterocycles. The molecule has 4 nitrogen and oxygen atoms in total. The van der Waals surface area contributed by atoms with E-state index in [4.69, 9.17) is 10.6 Å². The zero-order chi connectivity index (χ0) is 8.27. The van der Waals surface area contributed by atoms with Gasteiger partial charge < -0.3 is 5.73 Å². The number of hydrogen-bond donors (Lipinski definition) is 1. The van der Waals surface area contributed by atoms with Crippen molar-refractivity contribution >= 4 is 5.91 Å². The van der Waals surface area contributed by atoms with E-state index < -0.39 is 6.04 Å². The Bertz CT molecular complexity index is 149. The second-order valence-electron chi connectivity index (χ2n) is 2.70. The SMILES string of the molecule is CCCCN1OCC(N)C1=O. The molecule has 1 rings (SSSR count). The normalized spacial score (nSPS) is 24.7. The summed E-state index contributed by atoms with van der Waals surface area (Å²) in [7, 11) is 0. The lowest BCUT2D eigenvalue weighted by Gasteiger charge is -2.12. The average Bonchev–Trinajstić information content (AvgIpc) is 2.31. The Morgan fingerprint density at radius 3 is 3.00 bits per heavy atom. The van der Waals surface area contributed by atoms with E-state index in [1.165, 1.54) is 5.06 Å². The van der Waals surface area contributed by atoms with Crippen molar-refractivity contribution in [2.24, 2.45) is 5.73 Å². The first-order chi connectivity index (χ1) is 5.25. The fraction of sp³-hybridized carbons (Fsp3) is 0.857. The van der Waals surface area contributed by atoms with Crippen molar-refractivity contribution in [1.82, 2.24) is 5.06 Å². The van der Waals surface area contributed by atoms with Crippen molar-refractivity contribution < 1.29 is 9.63 Å². The fourth-order valence-corrected chi connectivity index (χ4v) is 0.967. The Balaban J connectivity index is 2.30. The van der Waals surface area contributed by atoms with Gasteiger partial charge in [-0.25, -0.2) is 5.06 Å². The van der Waals surface area contributed by atoms with Crippen LogP contribution < -0.4 is 5.73 Å². The molecule has 1 unspecified atom stereocenters. The quantitative estimate of drug-likeness (QED) is 0.623. The molecule has 11 heavy (non-hydrogen) atoms. The predicted molar refractivity (Wildman–Crippen MR) is 40.5 cm³/mol. The van der Waals surface area contributed by atoms with E-state index in [-0.39, 0.29) is 5.91 Å². The zero-order valence-corrected chi connectivity index (χ0v) is 6.75.